The van der Waals surface area contributed by atoms with E-state index in [2.05, 4.69) is 11.1 Å². The molecule has 0 radical (unpaired) electrons. The van der Waals surface area contributed by atoms with Crippen LogP contribution < -0.4 is 21.5 Å². The molecular formula is C18H30N3O3+. The van der Waals surface area contributed by atoms with Crippen LogP contribution >= 0.6 is 0 Å². The van der Waals surface area contributed by atoms with Gasteiger partial charge in [0.15, 0.2) is 0 Å². The van der Waals surface area contributed by atoms with Crippen LogP contribution in [-0.4, -0.2) is 31.0 Å². The predicted molar refractivity (Wildman–Crippen MR) is 91.0 cm³/mol. The lowest BCUT2D eigenvalue weighted by Crippen LogP contribution is -2.93. The number of hydrogen-bond acceptors (Lipinski definition) is 3. The molecule has 24 heavy (non-hydrogen) atoms. The number of amides is 1. The van der Waals surface area contributed by atoms with Crippen LogP contribution in [0.5, 0.6) is 0 Å². The van der Waals surface area contributed by atoms with Crippen molar-refractivity contribution in [3.63, 3.8) is 0 Å². The Bertz CT molecular complexity index is 546. The van der Waals surface area contributed by atoms with Gasteiger partial charge >= 0.3 is 0 Å². The van der Waals surface area contributed by atoms with E-state index in [-0.39, 0.29) is 12.3 Å². The van der Waals surface area contributed by atoms with E-state index < -0.39 is 12.0 Å². The number of carbonyl (C=O) groups is 2. The minimum absolute atomic E-state index is 0.0891. The zero-order valence-electron chi connectivity index (χ0n) is 14.8. The number of benzene rings is 1. The summed E-state index contributed by atoms with van der Waals surface area (Å²) in [5, 5.41) is 15.7. The molecule has 0 spiro atoms. The molecule has 0 aliphatic heterocycles. The molecule has 1 atom stereocenters. The maximum absolute atomic E-state index is 12.1. The molecule has 6 nitrogen and oxygen atoms in total. The molecule has 0 aliphatic carbocycles. The summed E-state index contributed by atoms with van der Waals surface area (Å²) in [6.45, 7) is 5.59. The molecule has 0 saturated heterocycles. The largest absolute Gasteiger partial charge is 0.544 e. The van der Waals surface area contributed by atoms with Crippen molar-refractivity contribution < 1.29 is 25.7 Å². The first-order valence-corrected chi connectivity index (χ1v) is 8.64. The third kappa shape index (κ3) is 7.57. The molecule has 1 aromatic carbocycles. The second-order valence-electron chi connectivity index (χ2n) is 6.27. The third-order valence-corrected chi connectivity index (χ3v) is 4.15. The van der Waals surface area contributed by atoms with E-state index in [1.807, 2.05) is 32.0 Å². The van der Waals surface area contributed by atoms with Gasteiger partial charge in [0.05, 0.1) is 25.5 Å². The fourth-order valence-corrected chi connectivity index (χ4v) is 2.49. The first-order chi connectivity index (χ1) is 11.4. The number of carbonyl (C=O) groups excluding carboxylic acids is 2. The molecule has 0 aromatic heterocycles. The number of aryl methyl sites for hydroxylation is 2. The fraction of sp³-hybridized carbons (Fsp3) is 0.556. The number of hydrogen-bond donors (Lipinski definition) is 3. The smallest absolute Gasteiger partial charge is 0.230 e. The summed E-state index contributed by atoms with van der Waals surface area (Å²) in [6, 6.07) is 4.79. The lowest BCUT2D eigenvalue weighted by Gasteiger charge is -2.16. The SMILES string of the molecule is Cc1ccc(NC(=O)C[C@@H]([NH2+]CCCCCC[NH3+])C(=O)[O-])cc1C. The van der Waals surface area contributed by atoms with Crippen molar-refractivity contribution in [3.05, 3.63) is 29.3 Å². The van der Waals surface area contributed by atoms with E-state index in [9.17, 15) is 14.7 Å². The number of nitrogens with one attached hydrogen (secondary N) is 1. The van der Waals surface area contributed by atoms with Crippen LogP contribution in [0.1, 0.15) is 43.2 Å². The Labute approximate surface area is 143 Å². The number of carboxylic acid groups (broad SMARTS) is 1. The van der Waals surface area contributed by atoms with Gasteiger partial charge < -0.3 is 26.3 Å². The van der Waals surface area contributed by atoms with Crippen molar-refractivity contribution in [2.24, 2.45) is 0 Å². The summed E-state index contributed by atoms with van der Waals surface area (Å²) in [5.74, 6) is -1.50. The monoisotopic (exact) mass is 336 g/mol. The molecule has 6 heteroatoms. The van der Waals surface area contributed by atoms with E-state index in [4.69, 9.17) is 0 Å². The average molecular weight is 336 g/mol. The van der Waals surface area contributed by atoms with Crippen molar-refractivity contribution in [1.29, 1.82) is 0 Å². The van der Waals surface area contributed by atoms with E-state index in [0.717, 1.165) is 43.4 Å². The topological polar surface area (TPSA) is 113 Å². The summed E-state index contributed by atoms with van der Waals surface area (Å²) >= 11 is 0. The molecule has 6 N–H and O–H groups in total. The van der Waals surface area contributed by atoms with Gasteiger partial charge in [0.25, 0.3) is 0 Å². The Morgan fingerprint density at radius 3 is 2.50 bits per heavy atom. The maximum atomic E-state index is 12.1. The van der Waals surface area contributed by atoms with Gasteiger partial charge in [-0.25, -0.2) is 0 Å². The standard InChI is InChI=1S/C18H29N3O3/c1-13-7-8-15(11-14(13)2)21-17(22)12-16(18(23)24)20-10-6-4-3-5-9-19/h7-8,11,16,20H,3-6,9-10,12,19H2,1-2H3,(H,21,22)(H,23,24)/p+1/t16-/m1/s1. The van der Waals surface area contributed by atoms with Gasteiger partial charge in [0.1, 0.15) is 6.04 Å². The number of rotatable bonds is 11. The quantitative estimate of drug-likeness (QED) is 0.456. The Kier molecular flexibility index (Phi) is 9.04. The maximum Gasteiger partial charge on any atom is 0.230 e. The number of quaternary nitrogens is 2. The zero-order valence-corrected chi connectivity index (χ0v) is 14.8. The van der Waals surface area contributed by atoms with Crippen LogP contribution in [0.4, 0.5) is 5.69 Å². The van der Waals surface area contributed by atoms with Crippen molar-refractivity contribution in [2.45, 2.75) is 52.0 Å². The van der Waals surface area contributed by atoms with Crippen LogP contribution in [0, 0.1) is 13.8 Å². The van der Waals surface area contributed by atoms with E-state index in [1.165, 1.54) is 0 Å². The first kappa shape index (κ1) is 20.1. The van der Waals surface area contributed by atoms with E-state index in [0.29, 0.717) is 12.2 Å². The molecule has 0 fully saturated rings. The van der Waals surface area contributed by atoms with E-state index >= 15 is 0 Å². The van der Waals surface area contributed by atoms with Gasteiger partial charge in [-0.2, -0.15) is 0 Å². The van der Waals surface area contributed by atoms with E-state index in [1.54, 1.807) is 5.32 Å². The number of aliphatic carboxylic acids is 1. The highest BCUT2D eigenvalue weighted by Gasteiger charge is 2.18. The highest BCUT2D eigenvalue weighted by molar-refractivity contribution is 5.93. The molecule has 0 saturated carbocycles. The van der Waals surface area contributed by atoms with Gasteiger partial charge in [-0.15, -0.1) is 0 Å². The second-order valence-corrected chi connectivity index (χ2v) is 6.27. The van der Waals surface area contributed by atoms with Gasteiger partial charge in [0.2, 0.25) is 5.91 Å². The van der Waals surface area contributed by atoms with Crippen LogP contribution in [0.25, 0.3) is 0 Å². The molecular weight excluding hydrogens is 306 g/mol. The van der Waals surface area contributed by atoms with Crippen molar-refractivity contribution in [3.8, 4) is 0 Å². The summed E-state index contributed by atoms with van der Waals surface area (Å²) in [4.78, 5) is 23.3. The van der Waals surface area contributed by atoms with Crippen LogP contribution in [0.2, 0.25) is 0 Å². The lowest BCUT2D eigenvalue weighted by molar-refractivity contribution is -0.682. The molecule has 134 valence electrons. The normalized spacial score (nSPS) is 12.0. The van der Waals surface area contributed by atoms with Gasteiger partial charge in [-0.05, 0) is 62.8 Å². The summed E-state index contributed by atoms with van der Waals surface area (Å²) in [7, 11) is 0. The third-order valence-electron chi connectivity index (χ3n) is 4.15. The minimum Gasteiger partial charge on any atom is -0.544 e. The first-order valence-electron chi connectivity index (χ1n) is 8.64. The number of carboxylic acids is 1. The Morgan fingerprint density at radius 2 is 1.88 bits per heavy atom. The number of unbranched alkanes of at least 4 members (excludes halogenated alkanes) is 3. The highest BCUT2D eigenvalue weighted by Crippen LogP contribution is 2.14. The van der Waals surface area contributed by atoms with Crippen molar-refractivity contribution >= 4 is 17.6 Å². The Hall–Kier alpha value is -1.92. The Balaban J connectivity index is 2.41. The summed E-state index contributed by atoms with van der Waals surface area (Å²) in [5.41, 5.74) is 6.71. The lowest BCUT2D eigenvalue weighted by atomic mass is 10.1. The second kappa shape index (κ2) is 10.8. The molecule has 1 aromatic rings. The molecule has 0 unspecified atom stereocenters. The summed E-state index contributed by atoms with van der Waals surface area (Å²) in [6.07, 6.45) is 4.11. The number of nitrogens with two attached hydrogens (primary N) is 1. The van der Waals surface area contributed by atoms with Gasteiger partial charge in [0, 0.05) is 5.69 Å². The van der Waals surface area contributed by atoms with Gasteiger partial charge in [-0.3, -0.25) is 4.79 Å². The van der Waals surface area contributed by atoms with Gasteiger partial charge in [-0.1, -0.05) is 6.07 Å². The summed E-state index contributed by atoms with van der Waals surface area (Å²) < 4.78 is 0. The van der Waals surface area contributed by atoms with Crippen molar-refractivity contribution in [2.75, 3.05) is 18.4 Å². The minimum atomic E-state index is -1.19. The average Bonchev–Trinajstić information content (AvgIpc) is 2.53. The van der Waals surface area contributed by atoms with Crippen LogP contribution in [0.15, 0.2) is 18.2 Å². The molecule has 0 aliphatic rings. The molecule has 1 amide bonds. The van der Waals surface area contributed by atoms with Crippen molar-refractivity contribution in [1.82, 2.24) is 0 Å². The van der Waals surface area contributed by atoms with Crippen LogP contribution in [-0.2, 0) is 9.59 Å². The molecule has 1 rings (SSSR count). The fourth-order valence-electron chi connectivity index (χ4n) is 2.49. The zero-order chi connectivity index (χ0) is 17.9. The Morgan fingerprint density at radius 1 is 1.17 bits per heavy atom. The molecule has 0 bridgehead atoms. The number of anilines is 1. The highest BCUT2D eigenvalue weighted by atomic mass is 16.4. The molecule has 0 heterocycles. The predicted octanol–water partition coefficient (Wildman–Crippen LogP) is -0.884. The van der Waals surface area contributed by atoms with Crippen LogP contribution in [0.3, 0.4) is 0 Å².